The van der Waals surface area contributed by atoms with Crippen molar-refractivity contribution in [2.45, 2.75) is 54.9 Å². The van der Waals surface area contributed by atoms with Crippen molar-refractivity contribution in [3.8, 4) is 11.5 Å². The van der Waals surface area contributed by atoms with Gasteiger partial charge in [-0.25, -0.2) is 0 Å². The molecule has 0 aromatic heterocycles. The van der Waals surface area contributed by atoms with E-state index in [1.165, 1.54) is 5.56 Å². The summed E-state index contributed by atoms with van der Waals surface area (Å²) in [6, 6.07) is 4.21. The molecule has 5 rings (SSSR count). The molecule has 1 saturated carbocycles. The third kappa shape index (κ3) is 11.2. The first-order valence-corrected chi connectivity index (χ1v) is 19.7. The van der Waals surface area contributed by atoms with Crippen LogP contribution in [0.3, 0.4) is 0 Å². The maximum atomic E-state index is 12.4. The van der Waals surface area contributed by atoms with Gasteiger partial charge in [0, 0.05) is 18.7 Å². The Morgan fingerprint density at radius 3 is 1.57 bits per heavy atom. The number of likely N-dealkylation sites (N-methyl/N-ethyl adjacent to an activating group) is 1. The molecule has 310 valence electrons. The molecule has 1 aromatic rings. The van der Waals surface area contributed by atoms with E-state index in [0.29, 0.717) is 139 Å². The zero-order chi connectivity index (χ0) is 37.9. The largest absolute Gasteiger partial charge is 0.493 e. The van der Waals surface area contributed by atoms with E-state index in [2.05, 4.69) is 18.0 Å². The van der Waals surface area contributed by atoms with Crippen LogP contribution in [0.5, 0.6) is 11.5 Å². The molecule has 2 bridgehead atoms. The van der Waals surface area contributed by atoms with Crippen molar-refractivity contribution >= 4 is 0 Å². The minimum absolute atomic E-state index is 0.0628. The Kier molecular flexibility index (Phi) is 18.9. The van der Waals surface area contributed by atoms with Crippen LogP contribution in [0.1, 0.15) is 30.4 Å². The van der Waals surface area contributed by atoms with Gasteiger partial charge in [0.15, 0.2) is 11.5 Å². The first kappa shape index (κ1) is 43.4. The van der Waals surface area contributed by atoms with Crippen LogP contribution in [0.4, 0.5) is 0 Å². The van der Waals surface area contributed by atoms with E-state index in [1.807, 2.05) is 6.07 Å². The van der Waals surface area contributed by atoms with Gasteiger partial charge in [-0.1, -0.05) is 6.07 Å². The molecule has 1 unspecified atom stereocenters. The summed E-state index contributed by atoms with van der Waals surface area (Å²) in [4.78, 5) is 2.33. The number of hydrogen-bond donors (Lipinski definition) is 1. The smallest absolute Gasteiger partial charge is 0.166 e. The number of hydrogen-bond acceptors (Lipinski definition) is 15. The second kappa shape index (κ2) is 23.5. The fourth-order valence-electron chi connectivity index (χ4n) is 8.29. The van der Waals surface area contributed by atoms with Gasteiger partial charge in [-0.05, 0) is 50.9 Å². The molecule has 1 aromatic carbocycles. The molecule has 54 heavy (non-hydrogen) atoms. The van der Waals surface area contributed by atoms with Gasteiger partial charge in [-0.3, -0.25) is 0 Å². The lowest BCUT2D eigenvalue weighted by atomic mass is 9.48. The third-order valence-electron chi connectivity index (χ3n) is 10.8. The molecule has 5 atom stereocenters. The van der Waals surface area contributed by atoms with Crippen molar-refractivity contribution in [2.75, 3.05) is 160 Å². The van der Waals surface area contributed by atoms with Crippen LogP contribution >= 0.6 is 0 Å². The quantitative estimate of drug-likeness (QED) is 0.106. The van der Waals surface area contributed by atoms with Gasteiger partial charge in [0.25, 0.3) is 0 Å². The summed E-state index contributed by atoms with van der Waals surface area (Å²) in [5.74, 6) is 1.52. The Morgan fingerprint density at radius 1 is 0.648 bits per heavy atom. The maximum Gasteiger partial charge on any atom is 0.166 e. The average molecular weight is 772 g/mol. The molecule has 15 nitrogen and oxygen atoms in total. The minimum atomic E-state index is -0.860. The molecule has 15 heteroatoms. The summed E-state index contributed by atoms with van der Waals surface area (Å²) >= 11 is 0. The molecular formula is C39H65NO14. The Bertz CT molecular complexity index is 1200. The van der Waals surface area contributed by atoms with Gasteiger partial charge < -0.3 is 71.6 Å². The Morgan fingerprint density at radius 2 is 1.11 bits per heavy atom. The number of ether oxygens (including phenoxy) is 13. The van der Waals surface area contributed by atoms with Crippen molar-refractivity contribution in [1.82, 2.24) is 4.90 Å². The van der Waals surface area contributed by atoms with Gasteiger partial charge in [0.05, 0.1) is 156 Å². The highest BCUT2D eigenvalue weighted by atomic mass is 16.6. The second-order valence-electron chi connectivity index (χ2n) is 14.0. The van der Waals surface area contributed by atoms with Crippen LogP contribution in [0.15, 0.2) is 12.1 Å². The van der Waals surface area contributed by atoms with E-state index in [4.69, 9.17) is 61.6 Å². The number of nitrogens with zero attached hydrogens (tertiary/aromatic N) is 1. The zero-order valence-electron chi connectivity index (χ0n) is 32.8. The molecule has 1 saturated heterocycles. The maximum absolute atomic E-state index is 12.4. The molecule has 2 fully saturated rings. The van der Waals surface area contributed by atoms with Crippen molar-refractivity contribution in [2.24, 2.45) is 0 Å². The number of benzene rings is 1. The fraction of sp³-hybridized carbons (Fsp3) is 0.846. The zero-order valence-corrected chi connectivity index (χ0v) is 32.8. The van der Waals surface area contributed by atoms with Gasteiger partial charge in [-0.2, -0.15) is 0 Å². The highest BCUT2D eigenvalue weighted by Gasteiger charge is 2.72. The van der Waals surface area contributed by atoms with Gasteiger partial charge >= 0.3 is 0 Å². The summed E-state index contributed by atoms with van der Waals surface area (Å²) in [7, 11) is 5.45. The van der Waals surface area contributed by atoms with E-state index in [1.54, 1.807) is 14.2 Å². The lowest BCUT2D eigenvalue weighted by Crippen LogP contribution is -2.76. The van der Waals surface area contributed by atoms with Crippen LogP contribution in [-0.4, -0.2) is 194 Å². The van der Waals surface area contributed by atoms with Crippen molar-refractivity contribution in [1.29, 1.82) is 0 Å². The van der Waals surface area contributed by atoms with E-state index in [9.17, 15) is 5.11 Å². The number of rotatable bonds is 32. The topological polar surface area (TPSA) is 143 Å². The van der Waals surface area contributed by atoms with Crippen molar-refractivity contribution in [3.05, 3.63) is 23.3 Å². The van der Waals surface area contributed by atoms with Crippen LogP contribution in [-0.2, 0) is 63.9 Å². The molecule has 4 aliphatic rings. The minimum Gasteiger partial charge on any atom is -0.493 e. The number of piperidine rings is 1. The monoisotopic (exact) mass is 771 g/mol. The molecule has 1 spiro atoms. The highest BCUT2D eigenvalue weighted by Crippen LogP contribution is 2.65. The molecule has 2 heterocycles. The van der Waals surface area contributed by atoms with Gasteiger partial charge in [0.1, 0.15) is 6.10 Å². The molecule has 2 aliphatic heterocycles. The van der Waals surface area contributed by atoms with Crippen LogP contribution in [0, 0.1) is 0 Å². The molecular weight excluding hydrogens is 706 g/mol. The Hall–Kier alpha value is -1.70. The van der Waals surface area contributed by atoms with E-state index >= 15 is 0 Å². The highest BCUT2D eigenvalue weighted by molar-refractivity contribution is 5.63. The first-order chi connectivity index (χ1) is 26.6. The van der Waals surface area contributed by atoms with E-state index in [0.717, 1.165) is 42.9 Å². The van der Waals surface area contributed by atoms with Crippen LogP contribution in [0.2, 0.25) is 0 Å². The van der Waals surface area contributed by atoms with Gasteiger partial charge in [0.2, 0.25) is 0 Å². The number of aliphatic hydroxyl groups is 1. The average Bonchev–Trinajstić information content (AvgIpc) is 3.54. The predicted molar refractivity (Wildman–Crippen MR) is 197 cm³/mol. The SMILES string of the molecule is COCCOCCOCCOCCOCCOCCOCCOCCOCCOCCO[C@H]1CC[C@@]2(O)C3Cc4ccc(OC)c5c4[C@@]2(CCN3C)[C@H]1O5. The standard InChI is InChI=1S/C39H65NO14/c1-40-9-8-38-35-31-4-5-32(43-3)36(35)54-37(38)33(6-7-39(38,41)34(40)30-31)53-29-28-52-27-26-51-25-24-50-23-22-49-21-20-48-19-18-47-17-16-46-15-14-45-13-12-44-11-10-42-2/h4-5,33-34,37,41H,6-30H2,1-3H3/t33-,34?,37-,38-,39+/m0/s1. The van der Waals surface area contributed by atoms with Crippen molar-refractivity contribution in [3.63, 3.8) is 0 Å². The molecule has 0 radical (unpaired) electrons. The summed E-state index contributed by atoms with van der Waals surface area (Å²) in [5, 5.41) is 12.4. The van der Waals surface area contributed by atoms with Crippen molar-refractivity contribution < 1.29 is 66.7 Å². The molecule has 0 amide bonds. The van der Waals surface area contributed by atoms with Gasteiger partial charge in [-0.15, -0.1) is 0 Å². The number of methoxy groups -OCH3 is 2. The van der Waals surface area contributed by atoms with E-state index in [-0.39, 0.29) is 18.2 Å². The first-order valence-electron chi connectivity index (χ1n) is 19.7. The third-order valence-corrected chi connectivity index (χ3v) is 10.8. The molecule has 1 N–H and O–H groups in total. The second-order valence-corrected chi connectivity index (χ2v) is 14.0. The summed E-state index contributed by atoms with van der Waals surface area (Å²) in [5.41, 5.74) is 1.05. The summed E-state index contributed by atoms with van der Waals surface area (Å²) in [6.45, 7) is 11.1. The predicted octanol–water partition coefficient (Wildman–Crippen LogP) is 1.66. The normalized spacial score (nSPS) is 25.5. The Balaban J connectivity index is 0.794. The lowest BCUT2D eigenvalue weighted by Gasteiger charge is -2.63. The fourth-order valence-corrected chi connectivity index (χ4v) is 8.29. The lowest BCUT2D eigenvalue weighted by molar-refractivity contribution is -0.213. The molecule has 2 aliphatic carbocycles. The van der Waals surface area contributed by atoms with E-state index < -0.39 is 11.0 Å². The van der Waals surface area contributed by atoms with Crippen LogP contribution in [0.25, 0.3) is 0 Å². The Labute approximate surface area is 320 Å². The summed E-state index contributed by atoms with van der Waals surface area (Å²) < 4.78 is 73.5. The van der Waals surface area contributed by atoms with Crippen LogP contribution < -0.4 is 9.47 Å². The summed E-state index contributed by atoms with van der Waals surface area (Å²) in [6.07, 6.45) is 2.66. The number of likely N-dealkylation sites (tertiary alicyclic amines) is 1.